The maximum atomic E-state index is 12.1. The number of carbonyl (C=O) groups excluding carboxylic acids is 1. The van der Waals surface area contributed by atoms with Gasteiger partial charge in [-0.15, -0.1) is 0 Å². The fraction of sp³-hybridized carbons (Fsp3) is 0.200. The Kier molecular flexibility index (Phi) is 5.92. The van der Waals surface area contributed by atoms with Gasteiger partial charge in [0.15, 0.2) is 17.2 Å². The van der Waals surface area contributed by atoms with Crippen molar-refractivity contribution in [2.24, 2.45) is 4.99 Å². The van der Waals surface area contributed by atoms with Crippen LogP contribution < -0.4 is 9.47 Å². The number of benzene rings is 2. The summed E-state index contributed by atoms with van der Waals surface area (Å²) in [4.78, 5) is 16.5. The molecule has 1 aliphatic heterocycles. The van der Waals surface area contributed by atoms with Crippen LogP contribution in [-0.2, 0) is 9.53 Å². The quantitative estimate of drug-likeness (QED) is 0.361. The topological polar surface area (TPSA) is 57.1 Å². The van der Waals surface area contributed by atoms with Gasteiger partial charge in [-0.25, -0.2) is 9.79 Å². The van der Waals surface area contributed by atoms with Crippen molar-refractivity contribution in [3.05, 3.63) is 62.9 Å². The van der Waals surface area contributed by atoms with E-state index in [1.54, 1.807) is 6.08 Å². The van der Waals surface area contributed by atoms with E-state index in [-0.39, 0.29) is 5.70 Å². The van der Waals surface area contributed by atoms with Gasteiger partial charge < -0.3 is 14.2 Å². The van der Waals surface area contributed by atoms with Gasteiger partial charge in [-0.2, -0.15) is 0 Å². The van der Waals surface area contributed by atoms with E-state index in [2.05, 4.69) is 27.6 Å². The van der Waals surface area contributed by atoms with Crippen LogP contribution in [0, 0.1) is 3.57 Å². The lowest BCUT2D eigenvalue weighted by Crippen LogP contribution is -2.05. The molecule has 2 aromatic rings. The molecule has 2 aromatic carbocycles. The summed E-state index contributed by atoms with van der Waals surface area (Å²) in [6, 6.07) is 13.1. The second-order valence-electron chi connectivity index (χ2n) is 5.42. The van der Waals surface area contributed by atoms with Gasteiger partial charge in [0.2, 0.25) is 5.90 Å². The molecule has 134 valence electrons. The van der Waals surface area contributed by atoms with Gasteiger partial charge in [0.05, 0.1) is 13.2 Å². The van der Waals surface area contributed by atoms with E-state index in [0.717, 1.165) is 14.7 Å². The van der Waals surface area contributed by atoms with Crippen LogP contribution in [0.4, 0.5) is 0 Å². The van der Waals surface area contributed by atoms with Gasteiger partial charge in [0.1, 0.15) is 0 Å². The standard InChI is InChI=1S/C20H18INO4/c1-3-24-17-10-5-13(12-18(17)25-4-2)11-16-20(23)26-19(22-16)14-6-8-15(21)9-7-14/h5-12H,3-4H2,1-2H3/b16-11-. The third-order valence-corrected chi connectivity index (χ3v) is 4.30. The summed E-state index contributed by atoms with van der Waals surface area (Å²) in [5, 5.41) is 0. The van der Waals surface area contributed by atoms with E-state index in [1.165, 1.54) is 0 Å². The number of rotatable bonds is 6. The number of cyclic esters (lactones) is 1. The molecule has 0 saturated heterocycles. The molecule has 6 heteroatoms. The molecule has 0 atom stereocenters. The molecule has 26 heavy (non-hydrogen) atoms. The molecule has 0 aromatic heterocycles. The number of hydrogen-bond donors (Lipinski definition) is 0. The van der Waals surface area contributed by atoms with Crippen molar-refractivity contribution in [1.82, 2.24) is 0 Å². The number of hydrogen-bond acceptors (Lipinski definition) is 5. The fourth-order valence-electron chi connectivity index (χ4n) is 2.44. The number of ether oxygens (including phenoxy) is 3. The van der Waals surface area contributed by atoms with Crippen molar-refractivity contribution in [3.63, 3.8) is 0 Å². The van der Waals surface area contributed by atoms with Crippen molar-refractivity contribution in [3.8, 4) is 11.5 Å². The van der Waals surface area contributed by atoms with Crippen LogP contribution in [0.25, 0.3) is 6.08 Å². The molecular weight excluding hydrogens is 445 g/mol. The minimum atomic E-state index is -0.467. The van der Waals surface area contributed by atoms with Crippen LogP contribution in [0.15, 0.2) is 53.2 Å². The third-order valence-electron chi connectivity index (χ3n) is 3.58. The first-order chi connectivity index (χ1) is 12.6. The molecule has 1 heterocycles. The maximum Gasteiger partial charge on any atom is 0.363 e. The maximum absolute atomic E-state index is 12.1. The van der Waals surface area contributed by atoms with Gasteiger partial charge in [0, 0.05) is 9.13 Å². The normalized spacial score (nSPS) is 15.0. The van der Waals surface area contributed by atoms with Gasteiger partial charge in [-0.3, -0.25) is 0 Å². The van der Waals surface area contributed by atoms with Gasteiger partial charge in [-0.05, 0) is 84.5 Å². The summed E-state index contributed by atoms with van der Waals surface area (Å²) < 4.78 is 17.6. The zero-order valence-corrected chi connectivity index (χ0v) is 16.6. The highest BCUT2D eigenvalue weighted by Crippen LogP contribution is 2.30. The summed E-state index contributed by atoms with van der Waals surface area (Å²) >= 11 is 2.22. The molecule has 0 spiro atoms. The molecule has 1 aliphatic rings. The first-order valence-corrected chi connectivity index (χ1v) is 9.36. The zero-order chi connectivity index (χ0) is 18.5. The molecule has 0 aliphatic carbocycles. The van der Waals surface area contributed by atoms with Gasteiger partial charge in [-0.1, -0.05) is 6.07 Å². The number of aliphatic imine (C=N–C) groups is 1. The fourth-order valence-corrected chi connectivity index (χ4v) is 2.80. The van der Waals surface area contributed by atoms with Crippen molar-refractivity contribution < 1.29 is 19.0 Å². The third kappa shape index (κ3) is 4.24. The molecule has 0 saturated carbocycles. The highest BCUT2D eigenvalue weighted by molar-refractivity contribution is 14.1. The molecule has 0 bridgehead atoms. The van der Waals surface area contributed by atoms with Crippen LogP contribution >= 0.6 is 22.6 Å². The molecule has 0 unspecified atom stereocenters. The molecule has 0 N–H and O–H groups in total. The van der Waals surface area contributed by atoms with Crippen LogP contribution in [0.3, 0.4) is 0 Å². The zero-order valence-electron chi connectivity index (χ0n) is 14.5. The second-order valence-corrected chi connectivity index (χ2v) is 6.66. The van der Waals surface area contributed by atoms with E-state index in [4.69, 9.17) is 14.2 Å². The molecule has 3 rings (SSSR count). The summed E-state index contributed by atoms with van der Waals surface area (Å²) in [6.45, 7) is 4.90. The molecule has 0 radical (unpaired) electrons. The second kappa shape index (κ2) is 8.35. The average Bonchev–Trinajstić information content (AvgIpc) is 2.99. The van der Waals surface area contributed by atoms with Crippen LogP contribution in [0.1, 0.15) is 25.0 Å². The van der Waals surface area contributed by atoms with Crippen LogP contribution in [0.2, 0.25) is 0 Å². The molecule has 0 fully saturated rings. The van der Waals surface area contributed by atoms with Crippen LogP contribution in [-0.4, -0.2) is 25.1 Å². The van der Waals surface area contributed by atoms with E-state index >= 15 is 0 Å². The van der Waals surface area contributed by atoms with E-state index in [1.807, 2.05) is 56.3 Å². The van der Waals surface area contributed by atoms with Crippen molar-refractivity contribution in [2.45, 2.75) is 13.8 Å². The summed E-state index contributed by atoms with van der Waals surface area (Å²) in [5.41, 5.74) is 1.81. The Bertz CT molecular complexity index is 872. The van der Waals surface area contributed by atoms with E-state index < -0.39 is 5.97 Å². The lowest BCUT2D eigenvalue weighted by Gasteiger charge is -2.11. The SMILES string of the molecule is CCOc1ccc(/C=C2\N=C(c3ccc(I)cc3)OC2=O)cc1OCC. The number of esters is 1. The Morgan fingerprint density at radius 3 is 2.42 bits per heavy atom. The monoisotopic (exact) mass is 463 g/mol. The number of carbonyl (C=O) groups is 1. The predicted molar refractivity (Wildman–Crippen MR) is 109 cm³/mol. The van der Waals surface area contributed by atoms with E-state index in [9.17, 15) is 4.79 Å². The first kappa shape index (κ1) is 18.4. The predicted octanol–water partition coefficient (Wildman–Crippen LogP) is 4.43. The summed E-state index contributed by atoms with van der Waals surface area (Å²) in [5.74, 6) is 1.16. The van der Waals surface area contributed by atoms with Crippen molar-refractivity contribution in [1.29, 1.82) is 0 Å². The summed E-state index contributed by atoms with van der Waals surface area (Å²) in [7, 11) is 0. The molecular formula is C20H18INO4. The van der Waals surface area contributed by atoms with Gasteiger partial charge >= 0.3 is 5.97 Å². The average molecular weight is 463 g/mol. The largest absolute Gasteiger partial charge is 0.490 e. The highest BCUT2D eigenvalue weighted by Gasteiger charge is 2.24. The molecule has 5 nitrogen and oxygen atoms in total. The van der Waals surface area contributed by atoms with E-state index in [0.29, 0.717) is 30.6 Å². The Hall–Kier alpha value is -2.35. The Balaban J connectivity index is 1.90. The highest BCUT2D eigenvalue weighted by atomic mass is 127. The first-order valence-electron chi connectivity index (χ1n) is 8.29. The number of halogens is 1. The number of nitrogens with zero attached hydrogens (tertiary/aromatic N) is 1. The van der Waals surface area contributed by atoms with Crippen molar-refractivity contribution >= 4 is 40.5 Å². The summed E-state index contributed by atoms with van der Waals surface area (Å²) in [6.07, 6.45) is 1.68. The van der Waals surface area contributed by atoms with Crippen LogP contribution in [0.5, 0.6) is 11.5 Å². The minimum Gasteiger partial charge on any atom is -0.490 e. The minimum absolute atomic E-state index is 0.255. The lowest BCUT2D eigenvalue weighted by atomic mass is 10.1. The molecule has 0 amide bonds. The smallest absolute Gasteiger partial charge is 0.363 e. The Labute approximate surface area is 165 Å². The van der Waals surface area contributed by atoms with Gasteiger partial charge in [0.25, 0.3) is 0 Å². The van der Waals surface area contributed by atoms with Crippen molar-refractivity contribution in [2.75, 3.05) is 13.2 Å². The Morgan fingerprint density at radius 2 is 1.73 bits per heavy atom. The Morgan fingerprint density at radius 1 is 1.04 bits per heavy atom. The lowest BCUT2D eigenvalue weighted by molar-refractivity contribution is -0.129.